The maximum absolute atomic E-state index is 13.5. The van der Waals surface area contributed by atoms with Crippen LogP contribution < -0.4 is 0 Å². The number of hydrogen-bond donors (Lipinski definition) is 1. The fraction of sp³-hybridized carbons (Fsp3) is 0.300. The molecule has 1 atom stereocenters. The van der Waals surface area contributed by atoms with Crippen molar-refractivity contribution in [2.75, 3.05) is 13.1 Å². The van der Waals surface area contributed by atoms with Crippen molar-refractivity contribution >= 4 is 29.4 Å². The van der Waals surface area contributed by atoms with Crippen molar-refractivity contribution in [1.82, 2.24) is 9.80 Å². The van der Waals surface area contributed by atoms with Gasteiger partial charge in [-0.25, -0.2) is 0 Å². The third-order valence-corrected chi connectivity index (χ3v) is 6.53. The van der Waals surface area contributed by atoms with E-state index in [4.69, 9.17) is 16.7 Å². The number of hydrogen-bond acceptors (Lipinski definition) is 3. The van der Waals surface area contributed by atoms with Crippen LogP contribution in [0.4, 0.5) is 0 Å². The second-order valence-electron chi connectivity index (χ2n) is 8.99. The number of aliphatic carboxylic acids is 1. The van der Waals surface area contributed by atoms with Gasteiger partial charge >= 0.3 is 5.97 Å². The fourth-order valence-corrected chi connectivity index (χ4v) is 4.34. The van der Waals surface area contributed by atoms with E-state index in [2.05, 4.69) is 0 Å². The van der Waals surface area contributed by atoms with Crippen LogP contribution in [0.1, 0.15) is 60.1 Å². The average Bonchev–Trinajstić information content (AvgIpc) is 2.91. The third kappa shape index (κ3) is 8.76. The van der Waals surface area contributed by atoms with Crippen molar-refractivity contribution in [3.8, 4) is 0 Å². The molecule has 0 aliphatic rings. The fourth-order valence-electron chi connectivity index (χ4n) is 4.22. The summed E-state index contributed by atoms with van der Waals surface area (Å²) in [6, 6.07) is 26.1. The van der Waals surface area contributed by atoms with Gasteiger partial charge in [-0.1, -0.05) is 72.3 Å². The molecule has 0 radical (unpaired) electrons. The van der Waals surface area contributed by atoms with Crippen LogP contribution in [0.5, 0.6) is 0 Å². The van der Waals surface area contributed by atoms with Gasteiger partial charge in [-0.3, -0.25) is 14.4 Å². The Hall–Kier alpha value is -3.64. The molecule has 1 N–H and O–H groups in total. The number of benzene rings is 3. The molecule has 0 saturated heterocycles. The van der Waals surface area contributed by atoms with E-state index in [1.54, 1.807) is 34.1 Å². The van der Waals surface area contributed by atoms with E-state index >= 15 is 0 Å². The molecule has 194 valence electrons. The van der Waals surface area contributed by atoms with Crippen molar-refractivity contribution in [2.24, 2.45) is 0 Å². The molecular formula is C30H33ClN2O4. The summed E-state index contributed by atoms with van der Waals surface area (Å²) in [5, 5.41) is 9.58. The highest BCUT2D eigenvalue weighted by molar-refractivity contribution is 6.30. The quantitative estimate of drug-likeness (QED) is 0.290. The zero-order valence-corrected chi connectivity index (χ0v) is 21.8. The smallest absolute Gasteiger partial charge is 0.303 e. The average molecular weight is 521 g/mol. The Morgan fingerprint density at radius 2 is 1.41 bits per heavy atom. The highest BCUT2D eigenvalue weighted by Gasteiger charge is 2.23. The largest absolute Gasteiger partial charge is 0.481 e. The zero-order valence-electron chi connectivity index (χ0n) is 21.1. The van der Waals surface area contributed by atoms with Crippen molar-refractivity contribution in [1.29, 1.82) is 0 Å². The van der Waals surface area contributed by atoms with Crippen LogP contribution in [-0.2, 0) is 16.1 Å². The molecule has 1 unspecified atom stereocenters. The molecule has 0 fully saturated rings. The standard InChI is InChI=1S/C30H33ClN2O4/c1-23(25-12-6-3-7-13-25)33(30(37)26-16-18-27(31)19-17-26)21-8-14-28(34)32(20-9-15-29(35)36)22-24-10-4-2-5-11-24/h2-7,10-13,16-19,23H,8-9,14-15,20-22H2,1H3,(H,35,36). The van der Waals surface area contributed by atoms with E-state index in [1.165, 1.54) is 0 Å². The van der Waals surface area contributed by atoms with E-state index in [9.17, 15) is 14.4 Å². The minimum atomic E-state index is -0.877. The van der Waals surface area contributed by atoms with E-state index in [0.717, 1.165) is 11.1 Å². The molecular weight excluding hydrogens is 488 g/mol. The van der Waals surface area contributed by atoms with E-state index < -0.39 is 5.97 Å². The molecule has 37 heavy (non-hydrogen) atoms. The molecule has 3 rings (SSSR count). The Kier molecular flexibility index (Phi) is 10.7. The number of halogens is 1. The van der Waals surface area contributed by atoms with Gasteiger partial charge in [0.2, 0.25) is 5.91 Å². The van der Waals surface area contributed by atoms with Crippen LogP contribution in [0, 0.1) is 0 Å². The summed E-state index contributed by atoms with van der Waals surface area (Å²) in [7, 11) is 0. The second kappa shape index (κ2) is 14.2. The minimum absolute atomic E-state index is 0.0104. The number of carbonyl (C=O) groups excluding carboxylic acids is 2. The third-order valence-electron chi connectivity index (χ3n) is 6.28. The van der Waals surface area contributed by atoms with E-state index in [1.807, 2.05) is 67.6 Å². The lowest BCUT2D eigenvalue weighted by molar-refractivity contribution is -0.138. The zero-order chi connectivity index (χ0) is 26.6. The highest BCUT2D eigenvalue weighted by atomic mass is 35.5. The first kappa shape index (κ1) is 27.9. The Labute approximate surface area is 223 Å². The molecule has 0 heterocycles. The number of carboxylic acids is 1. The van der Waals surface area contributed by atoms with Crippen LogP contribution in [-0.4, -0.2) is 45.8 Å². The van der Waals surface area contributed by atoms with Gasteiger partial charge in [-0.2, -0.15) is 0 Å². The van der Waals surface area contributed by atoms with Gasteiger partial charge in [0, 0.05) is 43.1 Å². The van der Waals surface area contributed by atoms with Gasteiger partial charge in [0.15, 0.2) is 0 Å². The topological polar surface area (TPSA) is 77.9 Å². The van der Waals surface area contributed by atoms with E-state index in [0.29, 0.717) is 43.1 Å². The predicted molar refractivity (Wildman–Crippen MR) is 145 cm³/mol. The maximum Gasteiger partial charge on any atom is 0.303 e. The summed E-state index contributed by atoms with van der Waals surface area (Å²) >= 11 is 6.01. The molecule has 2 amide bonds. The van der Waals surface area contributed by atoms with Gasteiger partial charge in [-0.15, -0.1) is 0 Å². The van der Waals surface area contributed by atoms with Gasteiger partial charge < -0.3 is 14.9 Å². The SMILES string of the molecule is CC(c1ccccc1)N(CCCC(=O)N(CCCC(=O)O)Cc1ccccc1)C(=O)c1ccc(Cl)cc1. The Morgan fingerprint density at radius 3 is 2.03 bits per heavy atom. The number of nitrogens with zero attached hydrogens (tertiary/aromatic N) is 2. The summed E-state index contributed by atoms with van der Waals surface area (Å²) < 4.78 is 0. The summed E-state index contributed by atoms with van der Waals surface area (Å²) in [4.78, 5) is 41.1. The summed E-state index contributed by atoms with van der Waals surface area (Å²) in [6.07, 6.45) is 1.14. The van der Waals surface area contributed by atoms with Gasteiger partial charge in [0.05, 0.1) is 6.04 Å². The monoisotopic (exact) mass is 520 g/mol. The lowest BCUT2D eigenvalue weighted by Gasteiger charge is -2.30. The number of rotatable bonds is 13. The Morgan fingerprint density at radius 1 is 0.811 bits per heavy atom. The molecule has 0 aliphatic carbocycles. The summed E-state index contributed by atoms with van der Waals surface area (Å²) in [5.74, 6) is -1.05. The molecule has 3 aromatic rings. The van der Waals surface area contributed by atoms with Gasteiger partial charge in [0.25, 0.3) is 5.91 Å². The van der Waals surface area contributed by atoms with Crippen LogP contribution >= 0.6 is 11.6 Å². The number of carboxylic acid groups (broad SMARTS) is 1. The molecule has 0 spiro atoms. The molecule has 0 saturated carbocycles. The predicted octanol–water partition coefficient (Wildman–Crippen LogP) is 6.22. The van der Waals surface area contributed by atoms with Crippen LogP contribution in [0.3, 0.4) is 0 Å². The molecule has 0 aliphatic heterocycles. The van der Waals surface area contributed by atoms with Crippen molar-refractivity contribution in [3.05, 3.63) is 107 Å². The van der Waals surface area contributed by atoms with Gasteiger partial charge in [0.1, 0.15) is 0 Å². The number of carbonyl (C=O) groups is 3. The maximum atomic E-state index is 13.5. The summed E-state index contributed by atoms with van der Waals surface area (Å²) in [6.45, 7) is 3.18. The van der Waals surface area contributed by atoms with Crippen LogP contribution in [0.15, 0.2) is 84.9 Å². The molecule has 0 bridgehead atoms. The normalized spacial score (nSPS) is 11.5. The van der Waals surface area contributed by atoms with Crippen LogP contribution in [0.25, 0.3) is 0 Å². The Balaban J connectivity index is 1.70. The summed E-state index contributed by atoms with van der Waals surface area (Å²) in [5.41, 5.74) is 2.54. The van der Waals surface area contributed by atoms with Crippen molar-refractivity contribution in [2.45, 2.75) is 45.2 Å². The first-order chi connectivity index (χ1) is 17.8. The lowest BCUT2D eigenvalue weighted by Crippen LogP contribution is -2.36. The first-order valence-electron chi connectivity index (χ1n) is 12.5. The van der Waals surface area contributed by atoms with Crippen molar-refractivity contribution in [3.63, 3.8) is 0 Å². The first-order valence-corrected chi connectivity index (χ1v) is 12.9. The lowest BCUT2D eigenvalue weighted by atomic mass is 10.0. The molecule has 0 aromatic heterocycles. The second-order valence-corrected chi connectivity index (χ2v) is 9.43. The number of amides is 2. The van der Waals surface area contributed by atoms with Gasteiger partial charge in [-0.05, 0) is 55.2 Å². The molecule has 3 aromatic carbocycles. The molecule has 6 nitrogen and oxygen atoms in total. The molecule has 7 heteroatoms. The van der Waals surface area contributed by atoms with E-state index in [-0.39, 0.29) is 30.7 Å². The highest BCUT2D eigenvalue weighted by Crippen LogP contribution is 2.24. The minimum Gasteiger partial charge on any atom is -0.481 e. The Bertz CT molecular complexity index is 1150. The van der Waals surface area contributed by atoms with Crippen molar-refractivity contribution < 1.29 is 19.5 Å². The van der Waals surface area contributed by atoms with Crippen LogP contribution in [0.2, 0.25) is 5.02 Å².